The number of hydrogen-bond donors (Lipinski definition) is 1. The van der Waals surface area contributed by atoms with Crippen molar-refractivity contribution in [2.45, 2.75) is 38.6 Å². The number of nitrogens with one attached hydrogen (secondary N) is 1. The number of rotatable bonds is 6. The van der Waals surface area contributed by atoms with Gasteiger partial charge >= 0.3 is 0 Å². The molecule has 0 radical (unpaired) electrons. The Bertz CT molecular complexity index is 770. The molecule has 2 aliphatic rings. The third-order valence-electron chi connectivity index (χ3n) is 5.40. The molecule has 0 amide bonds. The zero-order valence-electron chi connectivity index (χ0n) is 16.5. The van der Waals surface area contributed by atoms with Gasteiger partial charge in [-0.05, 0) is 51.4 Å². The van der Waals surface area contributed by atoms with Gasteiger partial charge in [0.2, 0.25) is 0 Å². The fourth-order valence-electron chi connectivity index (χ4n) is 3.98. The number of pyridine rings is 1. The van der Waals surface area contributed by atoms with Gasteiger partial charge in [-0.15, -0.1) is 0 Å². The standard InChI is InChI=1S/C20H29N7O/c1-2-21-20(27-14-9-16(15-27)26-12-5-6-13-26)23-11-8-18-24-19(28-25-18)17-7-3-4-10-22-17/h3-4,7,10,16H,2,5-6,8-9,11-15H2,1H3,(H,21,23). The van der Waals surface area contributed by atoms with Gasteiger partial charge in [-0.25, -0.2) is 0 Å². The van der Waals surface area contributed by atoms with Crippen LogP contribution >= 0.6 is 0 Å². The lowest BCUT2D eigenvalue weighted by molar-refractivity contribution is 0.249. The van der Waals surface area contributed by atoms with Crippen LogP contribution in [0, 0.1) is 0 Å². The summed E-state index contributed by atoms with van der Waals surface area (Å²) in [6.07, 6.45) is 6.28. The minimum Gasteiger partial charge on any atom is -0.357 e. The molecule has 2 aromatic rings. The minimum atomic E-state index is 0.458. The lowest BCUT2D eigenvalue weighted by Crippen LogP contribution is -2.42. The molecule has 1 atom stereocenters. The van der Waals surface area contributed by atoms with Gasteiger partial charge in [0.25, 0.3) is 5.89 Å². The van der Waals surface area contributed by atoms with Crippen LogP contribution in [0.5, 0.6) is 0 Å². The van der Waals surface area contributed by atoms with E-state index < -0.39 is 0 Å². The van der Waals surface area contributed by atoms with E-state index in [9.17, 15) is 0 Å². The van der Waals surface area contributed by atoms with Gasteiger partial charge in [0.15, 0.2) is 11.8 Å². The first kappa shape index (κ1) is 18.9. The molecular weight excluding hydrogens is 354 g/mol. The first-order valence-corrected chi connectivity index (χ1v) is 10.3. The number of hydrogen-bond acceptors (Lipinski definition) is 6. The quantitative estimate of drug-likeness (QED) is 0.602. The molecule has 0 saturated carbocycles. The number of aliphatic imine (C=N–C) groups is 1. The molecule has 1 unspecified atom stereocenters. The number of likely N-dealkylation sites (tertiary alicyclic amines) is 2. The monoisotopic (exact) mass is 383 g/mol. The SMILES string of the molecule is CCNC(=NCCc1noc(-c2ccccn2)n1)N1CCC(N2CCCC2)C1. The molecule has 1 N–H and O–H groups in total. The summed E-state index contributed by atoms with van der Waals surface area (Å²) in [6, 6.07) is 6.31. The summed E-state index contributed by atoms with van der Waals surface area (Å²) >= 11 is 0. The maximum Gasteiger partial charge on any atom is 0.276 e. The topological polar surface area (TPSA) is 82.7 Å². The van der Waals surface area contributed by atoms with Crippen molar-refractivity contribution in [3.8, 4) is 11.6 Å². The molecule has 150 valence electrons. The molecule has 8 heteroatoms. The van der Waals surface area contributed by atoms with Gasteiger partial charge in [0.1, 0.15) is 5.69 Å². The van der Waals surface area contributed by atoms with E-state index in [2.05, 4.69) is 37.2 Å². The molecule has 8 nitrogen and oxygen atoms in total. The molecule has 0 bridgehead atoms. The molecule has 28 heavy (non-hydrogen) atoms. The Balaban J connectivity index is 1.33. The molecule has 4 rings (SSSR count). The molecule has 4 heterocycles. The zero-order chi connectivity index (χ0) is 19.2. The maximum atomic E-state index is 5.32. The van der Waals surface area contributed by atoms with Crippen molar-refractivity contribution in [3.63, 3.8) is 0 Å². The first-order chi connectivity index (χ1) is 13.8. The summed E-state index contributed by atoms with van der Waals surface area (Å²) in [7, 11) is 0. The highest BCUT2D eigenvalue weighted by Gasteiger charge is 2.30. The van der Waals surface area contributed by atoms with Crippen LogP contribution in [-0.2, 0) is 6.42 Å². The molecule has 0 spiro atoms. The maximum absolute atomic E-state index is 5.32. The summed E-state index contributed by atoms with van der Waals surface area (Å²) in [5.74, 6) is 2.12. The van der Waals surface area contributed by atoms with Crippen molar-refractivity contribution in [2.24, 2.45) is 4.99 Å². The molecular formula is C20H29N7O. The average Bonchev–Trinajstić information content (AvgIpc) is 3.49. The van der Waals surface area contributed by atoms with Gasteiger partial charge in [0.05, 0.1) is 0 Å². The van der Waals surface area contributed by atoms with E-state index in [0.717, 1.165) is 25.6 Å². The fraction of sp³-hybridized carbons (Fsp3) is 0.600. The van der Waals surface area contributed by atoms with E-state index in [-0.39, 0.29) is 0 Å². The Kier molecular flexibility index (Phi) is 6.16. The van der Waals surface area contributed by atoms with Crippen molar-refractivity contribution in [2.75, 3.05) is 39.3 Å². The van der Waals surface area contributed by atoms with Gasteiger partial charge in [0, 0.05) is 44.8 Å². The second-order valence-electron chi connectivity index (χ2n) is 7.35. The van der Waals surface area contributed by atoms with Crippen molar-refractivity contribution < 1.29 is 4.52 Å². The van der Waals surface area contributed by atoms with Crippen LogP contribution in [0.25, 0.3) is 11.6 Å². The number of aromatic nitrogens is 3. The largest absolute Gasteiger partial charge is 0.357 e. The van der Waals surface area contributed by atoms with Crippen LogP contribution in [0.4, 0.5) is 0 Å². The second kappa shape index (κ2) is 9.14. The Labute approximate surface area is 166 Å². The lowest BCUT2D eigenvalue weighted by Gasteiger charge is -2.25. The van der Waals surface area contributed by atoms with Crippen LogP contribution in [0.15, 0.2) is 33.9 Å². The smallest absolute Gasteiger partial charge is 0.276 e. The molecule has 2 aromatic heterocycles. The third kappa shape index (κ3) is 4.49. The van der Waals surface area contributed by atoms with Crippen molar-refractivity contribution in [1.82, 2.24) is 30.2 Å². The van der Waals surface area contributed by atoms with Crippen LogP contribution in [-0.4, -0.2) is 76.2 Å². The Morgan fingerprint density at radius 2 is 2.18 bits per heavy atom. The summed E-state index contributed by atoms with van der Waals surface area (Å²) in [5.41, 5.74) is 0.697. The van der Waals surface area contributed by atoms with E-state index in [1.54, 1.807) is 6.20 Å². The van der Waals surface area contributed by atoms with Crippen LogP contribution in [0.1, 0.15) is 32.0 Å². The Hall–Kier alpha value is -2.48. The Morgan fingerprint density at radius 1 is 1.29 bits per heavy atom. The minimum absolute atomic E-state index is 0.458. The molecule has 2 fully saturated rings. The first-order valence-electron chi connectivity index (χ1n) is 10.3. The van der Waals surface area contributed by atoms with E-state index in [0.29, 0.717) is 36.4 Å². The van der Waals surface area contributed by atoms with Crippen LogP contribution in [0.3, 0.4) is 0 Å². The van der Waals surface area contributed by atoms with Crippen molar-refractivity contribution in [1.29, 1.82) is 0 Å². The van der Waals surface area contributed by atoms with Gasteiger partial charge < -0.3 is 14.7 Å². The van der Waals surface area contributed by atoms with Crippen molar-refractivity contribution >= 4 is 5.96 Å². The predicted octanol–water partition coefficient (Wildman–Crippen LogP) is 1.81. The molecule has 0 aliphatic carbocycles. The summed E-state index contributed by atoms with van der Waals surface area (Å²) in [4.78, 5) is 18.5. The van der Waals surface area contributed by atoms with Crippen LogP contribution in [0.2, 0.25) is 0 Å². The average molecular weight is 384 g/mol. The molecule has 2 aliphatic heterocycles. The second-order valence-corrected chi connectivity index (χ2v) is 7.35. The van der Waals surface area contributed by atoms with Gasteiger partial charge in [-0.3, -0.25) is 14.9 Å². The van der Waals surface area contributed by atoms with E-state index in [1.807, 2.05) is 18.2 Å². The van der Waals surface area contributed by atoms with Crippen LogP contribution < -0.4 is 5.32 Å². The number of nitrogens with zero attached hydrogens (tertiary/aromatic N) is 6. The summed E-state index contributed by atoms with van der Waals surface area (Å²) in [6.45, 7) is 8.26. The highest BCUT2D eigenvalue weighted by atomic mass is 16.5. The zero-order valence-corrected chi connectivity index (χ0v) is 16.5. The number of guanidine groups is 1. The summed E-state index contributed by atoms with van der Waals surface area (Å²) < 4.78 is 5.32. The van der Waals surface area contributed by atoms with Gasteiger partial charge in [-0.2, -0.15) is 4.98 Å². The highest BCUT2D eigenvalue weighted by Crippen LogP contribution is 2.20. The van der Waals surface area contributed by atoms with Gasteiger partial charge in [-0.1, -0.05) is 11.2 Å². The lowest BCUT2D eigenvalue weighted by atomic mass is 10.2. The summed E-state index contributed by atoms with van der Waals surface area (Å²) in [5, 5.41) is 7.50. The predicted molar refractivity (Wildman–Crippen MR) is 108 cm³/mol. The molecule has 2 saturated heterocycles. The Morgan fingerprint density at radius 3 is 2.96 bits per heavy atom. The van der Waals surface area contributed by atoms with E-state index >= 15 is 0 Å². The van der Waals surface area contributed by atoms with Crippen molar-refractivity contribution in [3.05, 3.63) is 30.2 Å². The third-order valence-corrected chi connectivity index (χ3v) is 5.40. The van der Waals surface area contributed by atoms with E-state index in [1.165, 1.54) is 32.4 Å². The van der Waals surface area contributed by atoms with E-state index in [4.69, 9.17) is 9.52 Å². The fourth-order valence-corrected chi connectivity index (χ4v) is 3.98. The highest BCUT2D eigenvalue weighted by molar-refractivity contribution is 5.80. The molecule has 0 aromatic carbocycles. The normalized spacial score (nSPS) is 20.8.